The van der Waals surface area contributed by atoms with Gasteiger partial charge in [-0.2, -0.15) is 0 Å². The molecule has 0 radical (unpaired) electrons. The molecule has 0 saturated carbocycles. The number of hydrogen-bond donors (Lipinski definition) is 2. The van der Waals surface area contributed by atoms with Gasteiger partial charge in [0.25, 0.3) is 0 Å². The first-order valence-corrected chi connectivity index (χ1v) is 7.44. The van der Waals surface area contributed by atoms with Crippen LogP contribution >= 0.6 is 0 Å². The molecule has 0 spiro atoms. The SMILES string of the molecule is CCCNC(C)c1cccc(Oc2ccccc2CO)c1. The Balaban J connectivity index is 2.14. The highest BCUT2D eigenvalue weighted by atomic mass is 16.5. The van der Waals surface area contributed by atoms with Gasteiger partial charge in [-0.1, -0.05) is 37.3 Å². The molecule has 1 atom stereocenters. The molecule has 0 aromatic heterocycles. The first-order chi connectivity index (χ1) is 10.2. The molecular weight excluding hydrogens is 262 g/mol. The Bertz CT molecular complexity index is 569. The van der Waals surface area contributed by atoms with E-state index in [-0.39, 0.29) is 6.61 Å². The van der Waals surface area contributed by atoms with Gasteiger partial charge in [0.1, 0.15) is 11.5 Å². The highest BCUT2D eigenvalue weighted by Gasteiger charge is 2.07. The third-order valence-corrected chi connectivity index (χ3v) is 3.43. The maximum Gasteiger partial charge on any atom is 0.132 e. The van der Waals surface area contributed by atoms with Crippen molar-refractivity contribution >= 4 is 0 Å². The van der Waals surface area contributed by atoms with Crippen molar-refractivity contribution in [1.82, 2.24) is 5.32 Å². The van der Waals surface area contributed by atoms with Gasteiger partial charge in [0.15, 0.2) is 0 Å². The Morgan fingerprint density at radius 3 is 2.71 bits per heavy atom. The summed E-state index contributed by atoms with van der Waals surface area (Å²) in [5, 5.41) is 12.8. The van der Waals surface area contributed by atoms with Crippen LogP contribution in [0.3, 0.4) is 0 Å². The van der Waals surface area contributed by atoms with Gasteiger partial charge >= 0.3 is 0 Å². The van der Waals surface area contributed by atoms with E-state index in [2.05, 4.69) is 25.2 Å². The zero-order valence-corrected chi connectivity index (χ0v) is 12.7. The molecule has 2 N–H and O–H groups in total. The van der Waals surface area contributed by atoms with E-state index in [1.165, 1.54) is 5.56 Å². The number of ether oxygens (including phenoxy) is 1. The summed E-state index contributed by atoms with van der Waals surface area (Å²) in [6, 6.07) is 15.9. The number of para-hydroxylation sites is 1. The van der Waals surface area contributed by atoms with Crippen LogP contribution in [0.25, 0.3) is 0 Å². The summed E-state index contributed by atoms with van der Waals surface area (Å²) in [5.41, 5.74) is 1.99. The minimum Gasteiger partial charge on any atom is -0.457 e. The average molecular weight is 285 g/mol. The van der Waals surface area contributed by atoms with Crippen LogP contribution in [0, 0.1) is 0 Å². The number of benzene rings is 2. The fraction of sp³-hybridized carbons (Fsp3) is 0.333. The van der Waals surface area contributed by atoms with Gasteiger partial charge in [-0.15, -0.1) is 0 Å². The molecule has 0 fully saturated rings. The molecule has 21 heavy (non-hydrogen) atoms. The van der Waals surface area contributed by atoms with Crippen molar-refractivity contribution in [2.75, 3.05) is 6.54 Å². The van der Waals surface area contributed by atoms with Crippen LogP contribution in [0.5, 0.6) is 11.5 Å². The van der Waals surface area contributed by atoms with Gasteiger partial charge in [0.2, 0.25) is 0 Å². The third-order valence-electron chi connectivity index (χ3n) is 3.43. The fourth-order valence-electron chi connectivity index (χ4n) is 2.19. The lowest BCUT2D eigenvalue weighted by Crippen LogP contribution is -2.19. The lowest BCUT2D eigenvalue weighted by molar-refractivity contribution is 0.276. The maximum absolute atomic E-state index is 9.35. The van der Waals surface area contributed by atoms with E-state index in [0.29, 0.717) is 11.8 Å². The molecule has 112 valence electrons. The summed E-state index contributed by atoms with van der Waals surface area (Å²) in [7, 11) is 0. The molecular formula is C18H23NO2. The van der Waals surface area contributed by atoms with Crippen molar-refractivity contribution in [3.63, 3.8) is 0 Å². The molecule has 0 saturated heterocycles. The zero-order valence-electron chi connectivity index (χ0n) is 12.7. The lowest BCUT2D eigenvalue weighted by atomic mass is 10.1. The van der Waals surface area contributed by atoms with Crippen LogP contribution in [0.4, 0.5) is 0 Å². The second-order valence-corrected chi connectivity index (χ2v) is 5.12. The summed E-state index contributed by atoms with van der Waals surface area (Å²) in [5.74, 6) is 1.49. The normalized spacial score (nSPS) is 12.1. The number of aliphatic hydroxyl groups is 1. The largest absolute Gasteiger partial charge is 0.457 e. The second-order valence-electron chi connectivity index (χ2n) is 5.12. The van der Waals surface area contributed by atoms with E-state index < -0.39 is 0 Å². The smallest absolute Gasteiger partial charge is 0.132 e. The predicted molar refractivity (Wildman–Crippen MR) is 85.6 cm³/mol. The van der Waals surface area contributed by atoms with Gasteiger partial charge in [0, 0.05) is 11.6 Å². The summed E-state index contributed by atoms with van der Waals surface area (Å²) in [6.07, 6.45) is 1.12. The van der Waals surface area contributed by atoms with E-state index in [9.17, 15) is 5.11 Å². The number of rotatable bonds is 7. The molecule has 2 aromatic rings. The van der Waals surface area contributed by atoms with Gasteiger partial charge in [-0.3, -0.25) is 0 Å². The molecule has 2 aromatic carbocycles. The average Bonchev–Trinajstić information content (AvgIpc) is 2.53. The molecule has 3 nitrogen and oxygen atoms in total. The minimum atomic E-state index is -0.0235. The van der Waals surface area contributed by atoms with Crippen LogP contribution in [-0.4, -0.2) is 11.7 Å². The van der Waals surface area contributed by atoms with Crippen LogP contribution < -0.4 is 10.1 Å². The topological polar surface area (TPSA) is 41.5 Å². The maximum atomic E-state index is 9.35. The first kappa shape index (κ1) is 15.5. The molecule has 1 unspecified atom stereocenters. The molecule has 0 aliphatic rings. The summed E-state index contributed by atoms with van der Waals surface area (Å²) < 4.78 is 5.91. The van der Waals surface area contributed by atoms with E-state index in [1.807, 2.05) is 42.5 Å². The van der Waals surface area contributed by atoms with Crippen LogP contribution in [-0.2, 0) is 6.61 Å². The second kappa shape index (κ2) is 7.81. The predicted octanol–water partition coefficient (Wildman–Crippen LogP) is 4.03. The van der Waals surface area contributed by atoms with E-state index >= 15 is 0 Å². The Labute approximate surface area is 126 Å². The molecule has 0 bridgehead atoms. The Morgan fingerprint density at radius 1 is 1.14 bits per heavy atom. The highest BCUT2D eigenvalue weighted by molar-refractivity contribution is 5.39. The van der Waals surface area contributed by atoms with Crippen molar-refractivity contribution in [3.05, 3.63) is 59.7 Å². The van der Waals surface area contributed by atoms with Crippen molar-refractivity contribution in [2.45, 2.75) is 32.9 Å². The highest BCUT2D eigenvalue weighted by Crippen LogP contribution is 2.27. The van der Waals surface area contributed by atoms with Crippen molar-refractivity contribution in [2.24, 2.45) is 0 Å². The standard InChI is InChI=1S/C18H23NO2/c1-3-11-19-14(2)15-8-6-9-17(12-15)21-18-10-5-4-7-16(18)13-20/h4-10,12,14,19-20H,3,11,13H2,1-2H3. The first-order valence-electron chi connectivity index (χ1n) is 7.44. The minimum absolute atomic E-state index is 0.0235. The molecule has 3 heteroatoms. The van der Waals surface area contributed by atoms with Crippen molar-refractivity contribution in [3.8, 4) is 11.5 Å². The van der Waals surface area contributed by atoms with Crippen LogP contribution in [0.2, 0.25) is 0 Å². The zero-order chi connectivity index (χ0) is 15.1. The molecule has 0 heterocycles. The molecule has 0 aliphatic heterocycles. The molecule has 0 aliphatic carbocycles. The quantitative estimate of drug-likeness (QED) is 0.807. The van der Waals surface area contributed by atoms with Crippen molar-refractivity contribution < 1.29 is 9.84 Å². The summed E-state index contributed by atoms with van der Waals surface area (Å²) >= 11 is 0. The Kier molecular flexibility index (Phi) is 5.78. The Morgan fingerprint density at radius 2 is 1.95 bits per heavy atom. The molecule has 2 rings (SSSR count). The van der Waals surface area contributed by atoms with Crippen LogP contribution in [0.15, 0.2) is 48.5 Å². The molecule has 0 amide bonds. The van der Waals surface area contributed by atoms with Crippen LogP contribution in [0.1, 0.15) is 37.4 Å². The van der Waals surface area contributed by atoms with E-state index in [4.69, 9.17) is 4.74 Å². The van der Waals surface area contributed by atoms with E-state index in [1.54, 1.807) is 0 Å². The number of aliphatic hydroxyl groups excluding tert-OH is 1. The van der Waals surface area contributed by atoms with Gasteiger partial charge in [-0.25, -0.2) is 0 Å². The summed E-state index contributed by atoms with van der Waals surface area (Å²) in [6.45, 7) is 5.28. The van der Waals surface area contributed by atoms with Gasteiger partial charge in [0.05, 0.1) is 6.61 Å². The lowest BCUT2D eigenvalue weighted by Gasteiger charge is -2.15. The van der Waals surface area contributed by atoms with Gasteiger partial charge in [-0.05, 0) is 43.7 Å². The van der Waals surface area contributed by atoms with Gasteiger partial charge < -0.3 is 15.2 Å². The number of nitrogens with one attached hydrogen (secondary N) is 1. The third kappa shape index (κ3) is 4.31. The number of hydrogen-bond acceptors (Lipinski definition) is 3. The Hall–Kier alpha value is -1.84. The monoisotopic (exact) mass is 285 g/mol. The van der Waals surface area contributed by atoms with E-state index in [0.717, 1.165) is 24.3 Å². The fourth-order valence-corrected chi connectivity index (χ4v) is 2.19. The summed E-state index contributed by atoms with van der Waals surface area (Å²) in [4.78, 5) is 0. The van der Waals surface area contributed by atoms with Crippen molar-refractivity contribution in [1.29, 1.82) is 0 Å².